The Labute approximate surface area is 98.7 Å². The number of aryl methyl sites for hydroxylation is 1. The van der Waals surface area contributed by atoms with E-state index < -0.39 is 0 Å². The van der Waals surface area contributed by atoms with Crippen molar-refractivity contribution in [1.82, 2.24) is 0 Å². The Bertz CT molecular complexity index is 248. The van der Waals surface area contributed by atoms with Crippen LogP contribution >= 0.6 is 0 Å². The summed E-state index contributed by atoms with van der Waals surface area (Å²) in [5.41, 5.74) is 0.971. The maximum Gasteiger partial charge on any atom is 1.00 e. The van der Waals surface area contributed by atoms with Gasteiger partial charge in [-0.3, -0.25) is 0 Å². The summed E-state index contributed by atoms with van der Waals surface area (Å²) < 4.78 is 0. The van der Waals surface area contributed by atoms with Gasteiger partial charge in [0.2, 0.25) is 0 Å². The molecule has 0 heterocycles. The van der Waals surface area contributed by atoms with Gasteiger partial charge in [-0.25, -0.2) is 0 Å². The van der Waals surface area contributed by atoms with Crippen molar-refractivity contribution < 1.29 is 24.0 Å². The van der Waals surface area contributed by atoms with Crippen molar-refractivity contribution >= 4 is 0 Å². The predicted molar refractivity (Wildman–Crippen MR) is 53.7 cm³/mol. The monoisotopic (exact) mass is 184 g/mol. The molecule has 1 nitrogen and oxygen atoms in total. The van der Waals surface area contributed by atoms with Crippen LogP contribution in [0.3, 0.4) is 0 Å². The van der Waals surface area contributed by atoms with E-state index in [9.17, 15) is 5.11 Å². The van der Waals surface area contributed by atoms with Crippen LogP contribution in [0.25, 0.3) is 0 Å². The molecule has 0 fully saturated rings. The van der Waals surface area contributed by atoms with E-state index in [0.717, 1.165) is 18.4 Å². The van der Waals surface area contributed by atoms with Gasteiger partial charge >= 0.3 is 18.9 Å². The molecule has 0 aliphatic carbocycles. The van der Waals surface area contributed by atoms with E-state index in [4.69, 9.17) is 0 Å². The molecule has 0 aliphatic rings. The third-order valence-electron chi connectivity index (χ3n) is 2.27. The maximum atomic E-state index is 11.3. The number of unbranched alkanes of at least 4 members (excludes halogenated alkanes) is 3. The topological polar surface area (TPSA) is 23.1 Å². The minimum atomic E-state index is 0. The molecule has 0 radical (unpaired) electrons. The molecule has 0 spiro atoms. The second-order valence-electron chi connectivity index (χ2n) is 3.42. The molecule has 0 atom stereocenters. The van der Waals surface area contributed by atoms with E-state index >= 15 is 0 Å². The van der Waals surface area contributed by atoms with Gasteiger partial charge in [0.05, 0.1) is 0 Å². The molecule has 72 valence electrons. The van der Waals surface area contributed by atoms with Crippen molar-refractivity contribution in [3.63, 3.8) is 0 Å². The van der Waals surface area contributed by atoms with Gasteiger partial charge in [0.15, 0.2) is 0 Å². The molecular weight excluding hydrogens is 167 g/mol. The summed E-state index contributed by atoms with van der Waals surface area (Å²) in [7, 11) is 0. The van der Waals surface area contributed by atoms with Gasteiger partial charge in [-0.1, -0.05) is 56.0 Å². The third-order valence-corrected chi connectivity index (χ3v) is 2.27. The molecule has 0 aliphatic heterocycles. The molecule has 0 N–H and O–H groups in total. The van der Waals surface area contributed by atoms with Crippen LogP contribution in [0.5, 0.6) is 5.75 Å². The molecular formula is C12H17LiO. The summed E-state index contributed by atoms with van der Waals surface area (Å²) in [6.45, 7) is 2.20. The summed E-state index contributed by atoms with van der Waals surface area (Å²) in [5.74, 6) is 0.194. The summed E-state index contributed by atoms with van der Waals surface area (Å²) in [6.07, 6.45) is 5.86. The Hall–Kier alpha value is -0.383. The van der Waals surface area contributed by atoms with Crippen molar-refractivity contribution in [2.75, 3.05) is 0 Å². The molecule has 14 heavy (non-hydrogen) atoms. The molecule has 0 amide bonds. The molecule has 1 aromatic rings. The van der Waals surface area contributed by atoms with Crippen LogP contribution in [0.2, 0.25) is 0 Å². The third kappa shape index (κ3) is 4.74. The van der Waals surface area contributed by atoms with Gasteiger partial charge < -0.3 is 5.11 Å². The van der Waals surface area contributed by atoms with Crippen LogP contribution in [0.15, 0.2) is 24.3 Å². The molecule has 2 heteroatoms. The van der Waals surface area contributed by atoms with Gasteiger partial charge in [0.25, 0.3) is 0 Å². The first kappa shape index (κ1) is 13.6. The van der Waals surface area contributed by atoms with E-state index in [1.165, 1.54) is 19.3 Å². The Balaban J connectivity index is 0.00000169. The molecule has 0 aromatic heterocycles. The molecule has 0 bridgehead atoms. The fraction of sp³-hybridized carbons (Fsp3) is 0.500. The van der Waals surface area contributed by atoms with Crippen molar-refractivity contribution in [2.24, 2.45) is 0 Å². The minimum absolute atomic E-state index is 0. The van der Waals surface area contributed by atoms with Gasteiger partial charge in [-0.05, 0) is 12.8 Å². The van der Waals surface area contributed by atoms with E-state index in [1.807, 2.05) is 12.1 Å². The standard InChI is InChI=1S/C12H18O.Li/c1-2-3-4-5-8-11-9-6-7-10-12(11)13;/h6-7,9-10,13H,2-5,8H2,1H3;/q;+1/p-1. The normalized spacial score (nSPS) is 9.50. The zero-order valence-electron chi connectivity index (χ0n) is 9.25. The molecule has 0 saturated carbocycles. The Morgan fingerprint density at radius 3 is 2.43 bits per heavy atom. The van der Waals surface area contributed by atoms with Crippen molar-refractivity contribution in [3.05, 3.63) is 29.8 Å². The van der Waals surface area contributed by atoms with Crippen LogP contribution in [0, 0.1) is 0 Å². The van der Waals surface area contributed by atoms with E-state index in [2.05, 4.69) is 6.92 Å². The molecule has 1 aromatic carbocycles. The van der Waals surface area contributed by atoms with E-state index in [1.54, 1.807) is 12.1 Å². The first-order valence-electron chi connectivity index (χ1n) is 5.09. The van der Waals surface area contributed by atoms with Gasteiger partial charge in [-0.15, -0.1) is 5.75 Å². The summed E-state index contributed by atoms with van der Waals surface area (Å²) in [4.78, 5) is 0. The molecule has 0 unspecified atom stereocenters. The fourth-order valence-corrected chi connectivity index (χ4v) is 1.45. The SMILES string of the molecule is CCCCCCc1ccccc1[O-].[Li+]. The summed E-state index contributed by atoms with van der Waals surface area (Å²) in [6, 6.07) is 7.33. The largest absolute Gasteiger partial charge is 1.00 e. The quantitative estimate of drug-likeness (QED) is 0.462. The minimum Gasteiger partial charge on any atom is -0.872 e. The first-order valence-corrected chi connectivity index (χ1v) is 5.09. The van der Waals surface area contributed by atoms with Gasteiger partial charge in [0, 0.05) is 0 Å². The number of rotatable bonds is 5. The number of para-hydroxylation sites is 1. The second kappa shape index (κ2) is 7.97. The zero-order valence-corrected chi connectivity index (χ0v) is 9.25. The predicted octanol–water partition coefficient (Wildman–Crippen LogP) is -0.113. The number of hydrogen-bond donors (Lipinski definition) is 0. The zero-order chi connectivity index (χ0) is 9.52. The first-order chi connectivity index (χ1) is 6.34. The Morgan fingerprint density at radius 2 is 1.79 bits per heavy atom. The molecule has 1 rings (SSSR count). The summed E-state index contributed by atoms with van der Waals surface area (Å²) >= 11 is 0. The van der Waals surface area contributed by atoms with Gasteiger partial charge in [0.1, 0.15) is 0 Å². The van der Waals surface area contributed by atoms with Crippen molar-refractivity contribution in [3.8, 4) is 5.75 Å². The van der Waals surface area contributed by atoms with E-state index in [-0.39, 0.29) is 24.6 Å². The van der Waals surface area contributed by atoms with Crippen LogP contribution in [-0.4, -0.2) is 0 Å². The van der Waals surface area contributed by atoms with Crippen molar-refractivity contribution in [2.45, 2.75) is 39.0 Å². The smallest absolute Gasteiger partial charge is 0.872 e. The van der Waals surface area contributed by atoms with E-state index in [0.29, 0.717) is 0 Å². The Morgan fingerprint density at radius 1 is 1.07 bits per heavy atom. The fourth-order valence-electron chi connectivity index (χ4n) is 1.45. The van der Waals surface area contributed by atoms with Crippen LogP contribution in [-0.2, 0) is 6.42 Å². The van der Waals surface area contributed by atoms with Crippen LogP contribution in [0.4, 0.5) is 0 Å². The average Bonchev–Trinajstić information content (AvgIpc) is 2.15. The van der Waals surface area contributed by atoms with Crippen molar-refractivity contribution in [1.29, 1.82) is 0 Å². The number of benzene rings is 1. The van der Waals surface area contributed by atoms with Crippen LogP contribution < -0.4 is 24.0 Å². The van der Waals surface area contributed by atoms with Crippen LogP contribution in [0.1, 0.15) is 38.2 Å². The number of hydrogen-bond acceptors (Lipinski definition) is 1. The summed E-state index contributed by atoms with van der Waals surface area (Å²) in [5, 5.41) is 11.3. The second-order valence-corrected chi connectivity index (χ2v) is 3.42. The van der Waals surface area contributed by atoms with Gasteiger partial charge in [-0.2, -0.15) is 0 Å². The Kier molecular flexibility index (Phi) is 7.75. The maximum absolute atomic E-state index is 11.3. The average molecular weight is 184 g/mol. The molecule has 0 saturated heterocycles.